The van der Waals surface area contributed by atoms with Crippen LogP contribution in [0.1, 0.15) is 153 Å². The Bertz CT molecular complexity index is 5290. The summed E-state index contributed by atoms with van der Waals surface area (Å²) in [5.41, 5.74) is 19.3. The SMILES string of the molecule is CCCCC[C@H]1C(=O)N(C)[C@@H](CCCC)C(=O)N[C@@H](CCCNC(=N)N)C(=O)N[C@H](C(=O)NCC(N)=O)CSCC(=O)N[C@@H](Cc2ccc(O)cc2)C(=O)N(C)[C@@H](C)C(=O)N[C@@H](CC(N)=O)C(=O)N2CCC[C@H]2C(=O)N[C@@H](Cc2cnc[nH]2)C(=O)N[C@@H](CCC(=O)O)C(=O)N2CCC[C@H]2C(=O)N[C@@H](Cc2c[nH]c3ccccc23)C(=O)N[C@@H](C)C(=O)N[C@@H](Cc2csc3ccccc23)C(=O)N1C. The lowest BCUT2D eigenvalue weighted by Gasteiger charge is -2.36. The standard InChI is InChI=1S/C91H125N23O20S2/c1-8-10-12-25-71-90(134)111(6)68(24-11-9-2)83(127)103-60(23-17-35-97-91(94)95)80(124)109-67(79(123)99-45-74(93)117)47-135-48-75(118)102-64(38-52-29-31-56(115)32-30-52)86(130)110(5)51(4)78(122)108-66(42-73(92)116)89(133)114-37-19-27-70(114)85(129)106-63(41-55-44-96-49-100-55)82(126)104-61(33-34-76(119)120)88(132)113-36-18-26-69(113)84(128)105-62(39-53-43-98-59-22-15-13-20-57(53)59)81(125)101-50(3)77(121)107-65(87(131)112(71)7)40-54-46-136-72-28-16-14-21-58(54)72/h13-16,20-22,28-32,43-44,46,49-51,60-71,98,115H,8-12,17-19,23-27,33-42,45,47-48H2,1-7H3,(H2,92,116)(H2,93,117)(H,96,100)(H,99,123)(H,101,125)(H,102,118)(H,103,127)(H,104,126)(H,105,128)(H,106,129)(H,107,121)(H,108,122)(H,109,124)(H,119,120)(H4,94,95,97)/t50-,51-,60-,61-,62-,63-,64-,65-,66-,67-,68-,69-,70-,71-/m0/s1. The summed E-state index contributed by atoms with van der Waals surface area (Å²) in [6.07, 6.45) is 3.79. The third kappa shape index (κ3) is 29.9. The van der Waals surface area contributed by atoms with Crippen molar-refractivity contribution in [3.05, 3.63) is 119 Å². The second-order valence-electron chi connectivity index (χ2n) is 34.3. The first kappa shape index (κ1) is 106. The van der Waals surface area contributed by atoms with E-state index < -0.39 is 234 Å². The number of amides is 17. The Kier molecular flexibility index (Phi) is 39.8. The monoisotopic (exact) mass is 1920 g/mol. The Hall–Kier alpha value is -13.8. The molecule has 3 fully saturated rings. The van der Waals surface area contributed by atoms with Gasteiger partial charge in [-0.05, 0) is 123 Å². The van der Waals surface area contributed by atoms with Crippen LogP contribution in [0.5, 0.6) is 5.75 Å². The summed E-state index contributed by atoms with van der Waals surface area (Å²) < 4.78 is 0.843. The van der Waals surface area contributed by atoms with Crippen molar-refractivity contribution < 1.29 is 96.5 Å². The Labute approximate surface area is 793 Å². The molecule has 136 heavy (non-hydrogen) atoms. The zero-order chi connectivity index (χ0) is 99.1. The van der Waals surface area contributed by atoms with Gasteiger partial charge in [0.15, 0.2) is 5.96 Å². The number of aromatic hydroxyl groups is 1. The van der Waals surface area contributed by atoms with Crippen LogP contribution in [0.3, 0.4) is 0 Å². The highest BCUT2D eigenvalue weighted by Gasteiger charge is 2.46. The predicted molar refractivity (Wildman–Crippen MR) is 503 cm³/mol. The van der Waals surface area contributed by atoms with Crippen LogP contribution in [-0.2, 0) is 112 Å². The molecule has 3 aliphatic rings. The summed E-state index contributed by atoms with van der Waals surface area (Å²) >= 11 is 2.14. The molecule has 45 heteroatoms. The molecule has 0 aliphatic carbocycles. The van der Waals surface area contributed by atoms with E-state index in [2.05, 4.69) is 73.4 Å². The van der Waals surface area contributed by atoms with E-state index in [0.717, 1.165) is 36.5 Å². The van der Waals surface area contributed by atoms with Crippen LogP contribution in [0.4, 0.5) is 0 Å². The first-order chi connectivity index (χ1) is 64.9. The van der Waals surface area contributed by atoms with E-state index in [0.29, 0.717) is 59.7 Å². The number of carboxylic acid groups (broad SMARTS) is 1. The van der Waals surface area contributed by atoms with Gasteiger partial charge in [0.2, 0.25) is 100 Å². The molecule has 0 radical (unpaired) electrons. The molecule has 9 rings (SSSR count). The van der Waals surface area contributed by atoms with Crippen molar-refractivity contribution >= 4 is 156 Å². The summed E-state index contributed by atoms with van der Waals surface area (Å²) in [6, 6.07) is -1.33. The van der Waals surface area contributed by atoms with Gasteiger partial charge in [0, 0.05) is 112 Å². The minimum atomic E-state index is -1.80. The molecule has 0 spiro atoms. The predicted octanol–water partition coefficient (Wildman–Crippen LogP) is -0.930. The quantitative estimate of drug-likeness (QED) is 0.0168. The number of hydrogen-bond donors (Lipinski definition) is 19. The molecule has 6 heterocycles. The van der Waals surface area contributed by atoms with Gasteiger partial charge < -0.3 is 120 Å². The number of hydrogen-bond acceptors (Lipinski definition) is 23. The maximum absolute atomic E-state index is 15.8. The number of phenols is 1. The number of thioether (sulfide) groups is 1. The lowest BCUT2D eigenvalue weighted by molar-refractivity contribution is -0.149. The summed E-state index contributed by atoms with van der Waals surface area (Å²) in [4.78, 5) is 278. The van der Waals surface area contributed by atoms with Gasteiger partial charge >= 0.3 is 5.97 Å². The number of nitrogens with one attached hydrogen (secondary N) is 14. The number of primary amides is 2. The Morgan fingerprint density at radius 1 is 0.529 bits per heavy atom. The van der Waals surface area contributed by atoms with Crippen molar-refractivity contribution in [2.45, 2.75) is 241 Å². The molecule has 22 N–H and O–H groups in total. The van der Waals surface area contributed by atoms with Gasteiger partial charge in [-0.3, -0.25) is 91.7 Å². The van der Waals surface area contributed by atoms with E-state index in [1.165, 1.54) is 92.9 Å². The fraction of sp³-hybridized carbons (Fsp3) is 0.516. The summed E-state index contributed by atoms with van der Waals surface area (Å²) in [5, 5.41) is 60.6. The smallest absolute Gasteiger partial charge is 0.303 e. The van der Waals surface area contributed by atoms with Crippen molar-refractivity contribution in [3.8, 4) is 5.75 Å². The Morgan fingerprint density at radius 2 is 1.10 bits per heavy atom. The number of carbonyl (C=O) groups is 18. The van der Waals surface area contributed by atoms with Gasteiger partial charge in [-0.2, -0.15) is 0 Å². The minimum Gasteiger partial charge on any atom is -0.508 e. The lowest BCUT2D eigenvalue weighted by atomic mass is 9.99. The third-order valence-corrected chi connectivity index (χ3v) is 26.4. The molecule has 3 aromatic carbocycles. The number of imidazole rings is 1. The molecule has 17 amide bonds. The number of benzene rings is 3. The van der Waals surface area contributed by atoms with Crippen molar-refractivity contribution in [1.29, 1.82) is 5.41 Å². The van der Waals surface area contributed by atoms with Crippen LogP contribution in [0.25, 0.3) is 21.0 Å². The van der Waals surface area contributed by atoms with Crippen LogP contribution >= 0.6 is 23.1 Å². The number of likely N-dealkylation sites (N-methyl/N-ethyl adjacent to an activating group) is 3. The van der Waals surface area contributed by atoms with E-state index >= 15 is 38.4 Å². The van der Waals surface area contributed by atoms with Crippen LogP contribution in [-0.4, -0.2) is 305 Å². The third-order valence-electron chi connectivity index (χ3n) is 24.3. The number of thiophene rings is 1. The molecule has 3 aromatic heterocycles. The average Bonchev–Trinajstić information content (AvgIpc) is 1.71. The van der Waals surface area contributed by atoms with Crippen LogP contribution < -0.4 is 75.7 Å². The Morgan fingerprint density at radius 3 is 1.74 bits per heavy atom. The van der Waals surface area contributed by atoms with Gasteiger partial charge in [0.05, 0.1) is 25.0 Å². The summed E-state index contributed by atoms with van der Waals surface area (Å²) in [6.45, 7) is 5.41. The topological polar surface area (TPSA) is 643 Å². The highest BCUT2D eigenvalue weighted by Crippen LogP contribution is 2.30. The number of guanidine groups is 1. The first-order valence-corrected chi connectivity index (χ1v) is 47.5. The number of nitrogens with two attached hydrogens (primary N) is 3. The number of fused-ring (bicyclic) bond motifs is 4. The molecule has 736 valence electrons. The van der Waals surface area contributed by atoms with Crippen molar-refractivity contribution in [2.75, 3.05) is 58.8 Å². The number of nitrogens with zero attached hydrogens (tertiary/aromatic N) is 6. The van der Waals surface area contributed by atoms with Gasteiger partial charge in [-0.15, -0.1) is 23.1 Å². The van der Waals surface area contributed by atoms with E-state index in [1.807, 2.05) is 37.4 Å². The van der Waals surface area contributed by atoms with Crippen molar-refractivity contribution in [3.63, 3.8) is 0 Å². The van der Waals surface area contributed by atoms with Gasteiger partial charge in [-0.25, -0.2) is 4.98 Å². The molecule has 6 aromatic rings. The molecule has 0 saturated carbocycles. The minimum absolute atomic E-state index is 0.00146. The van der Waals surface area contributed by atoms with Crippen molar-refractivity contribution in [1.82, 2.24) is 97.9 Å². The molecule has 14 atom stereocenters. The van der Waals surface area contributed by atoms with E-state index in [1.54, 1.807) is 36.5 Å². The van der Waals surface area contributed by atoms with E-state index in [-0.39, 0.29) is 108 Å². The summed E-state index contributed by atoms with van der Waals surface area (Å²) in [7, 11) is 3.98. The number of aromatic nitrogens is 3. The number of carbonyl (C=O) groups excluding carboxylic acids is 17. The number of rotatable bonds is 27. The van der Waals surface area contributed by atoms with Gasteiger partial charge in [0.1, 0.15) is 90.3 Å². The number of para-hydroxylation sites is 1. The fourth-order valence-corrected chi connectivity index (χ4v) is 18.5. The van der Waals surface area contributed by atoms with Crippen LogP contribution in [0.2, 0.25) is 0 Å². The summed E-state index contributed by atoms with van der Waals surface area (Å²) in [5.74, 6) is -18.7. The number of H-pyrrole nitrogens is 2. The van der Waals surface area contributed by atoms with Gasteiger partial charge in [-0.1, -0.05) is 94.5 Å². The lowest BCUT2D eigenvalue weighted by Crippen LogP contribution is -2.61. The second-order valence-corrected chi connectivity index (χ2v) is 36.3. The largest absolute Gasteiger partial charge is 0.508 e. The molecular formula is C91H125N23O20S2. The van der Waals surface area contributed by atoms with E-state index in [4.69, 9.17) is 22.6 Å². The number of carboxylic acids is 1. The maximum atomic E-state index is 15.8. The first-order valence-electron chi connectivity index (χ1n) is 45.5. The van der Waals surface area contributed by atoms with Gasteiger partial charge in [0.25, 0.3) is 0 Å². The molecule has 3 aliphatic heterocycles. The van der Waals surface area contributed by atoms with Crippen LogP contribution in [0.15, 0.2) is 96.9 Å². The maximum Gasteiger partial charge on any atom is 0.303 e. The number of phenolic OH excluding ortho intramolecular Hbond substituents is 1. The Balaban J connectivity index is 1.10. The van der Waals surface area contributed by atoms with E-state index in [9.17, 15) is 58.2 Å². The zero-order valence-electron chi connectivity index (χ0n) is 77.2. The molecule has 0 bridgehead atoms. The fourth-order valence-electron chi connectivity index (χ4n) is 16.6. The molecule has 3 saturated heterocycles. The molecule has 43 nitrogen and oxygen atoms in total. The number of aromatic amines is 2. The number of aliphatic carboxylic acids is 1. The highest BCUT2D eigenvalue weighted by molar-refractivity contribution is 8.00. The molecular weight excluding hydrogens is 1800 g/mol. The van der Waals surface area contributed by atoms with Crippen LogP contribution in [0, 0.1) is 5.41 Å². The molecule has 0 unspecified atom stereocenters. The van der Waals surface area contributed by atoms with Crippen molar-refractivity contribution in [2.24, 2.45) is 17.2 Å². The second kappa shape index (κ2) is 51.1. The number of unbranched alkanes of at least 4 members (excludes halogenated alkanes) is 3. The normalized spacial score (nSPS) is 24.0. The average molecular weight is 1930 g/mol. The highest BCUT2D eigenvalue weighted by atomic mass is 32.2. The zero-order valence-corrected chi connectivity index (χ0v) is 78.8.